The lowest BCUT2D eigenvalue weighted by atomic mass is 9.76. The SMILES string of the molecule is CCC1=C(C2C=C(Cc3ccc[nH]3)C3(Oc4cc5oc(-c6cc(O)c(O)c(CCO)c6)cc(=O)c5c(O)c42)OC2(CC#CC4(C(=O)O)OC(CCCO)(OC2=O)C(O)C(O)C4(O)O)C(O)C(O)C3O)C=C2C(C)CCNC2N1. The Bertz CT molecular complexity index is 3300. The molecule has 24 nitrogen and oxygen atoms in total. The van der Waals surface area contributed by atoms with Gasteiger partial charge in [0.1, 0.15) is 46.5 Å². The van der Waals surface area contributed by atoms with Crippen molar-refractivity contribution in [2.24, 2.45) is 5.92 Å². The van der Waals surface area contributed by atoms with Gasteiger partial charge >= 0.3 is 11.9 Å². The minimum absolute atomic E-state index is 0.0154. The fourth-order valence-corrected chi connectivity index (χ4v) is 11.6. The molecule has 3 fully saturated rings. The number of allylic oxidation sites excluding steroid dienone is 4. The number of esters is 1. The van der Waals surface area contributed by atoms with Crippen LogP contribution in [0.25, 0.3) is 22.3 Å². The first-order valence-corrected chi connectivity index (χ1v) is 25.3. The predicted octanol–water partition coefficient (Wildman–Crippen LogP) is -0.543. The molecule has 8 heterocycles. The minimum atomic E-state index is -3.96. The Kier molecular flexibility index (Phi) is 13.8. The van der Waals surface area contributed by atoms with Crippen LogP contribution < -0.4 is 20.8 Å². The molecule has 12 unspecified atom stereocenters. The molecule has 24 heteroatoms. The number of rotatable bonds is 11. The second kappa shape index (κ2) is 19.8. The molecule has 6 aliphatic heterocycles. The summed E-state index contributed by atoms with van der Waals surface area (Å²) in [7, 11) is 0. The third kappa shape index (κ3) is 8.27. The number of phenols is 3. The monoisotopic (exact) mass is 1090 g/mol. The molecule has 0 aliphatic carbocycles. The van der Waals surface area contributed by atoms with E-state index in [0.717, 1.165) is 24.1 Å². The van der Waals surface area contributed by atoms with Crippen LogP contribution in [0.3, 0.4) is 0 Å². The Morgan fingerprint density at radius 2 is 1.69 bits per heavy atom. The molecule has 16 N–H and O–H groups in total. The number of dihydropyridines is 1. The Labute approximate surface area is 442 Å². The maximum Gasteiger partial charge on any atom is 0.354 e. The number of nitrogens with one attached hydrogen (secondary N) is 3. The van der Waals surface area contributed by atoms with E-state index >= 15 is 4.79 Å². The molecule has 0 radical (unpaired) electrons. The van der Waals surface area contributed by atoms with Crippen molar-refractivity contribution < 1.29 is 99.3 Å². The number of ether oxygens (including phenoxy) is 4. The summed E-state index contributed by atoms with van der Waals surface area (Å²) >= 11 is 0. The van der Waals surface area contributed by atoms with Crippen LogP contribution in [0.5, 0.6) is 23.0 Å². The molecule has 2 spiro atoms. The van der Waals surface area contributed by atoms with Gasteiger partial charge in [-0.15, -0.1) is 0 Å². The van der Waals surface area contributed by atoms with Gasteiger partial charge in [0.15, 0.2) is 29.1 Å². The first kappa shape index (κ1) is 54.5. The van der Waals surface area contributed by atoms with Gasteiger partial charge in [0.05, 0.1) is 12.6 Å². The zero-order chi connectivity index (χ0) is 56.0. The minimum Gasteiger partial charge on any atom is -0.507 e. The van der Waals surface area contributed by atoms with E-state index in [9.17, 15) is 76.0 Å². The summed E-state index contributed by atoms with van der Waals surface area (Å²) < 4.78 is 31.5. The van der Waals surface area contributed by atoms with E-state index in [1.807, 2.05) is 25.8 Å². The number of carboxylic acids is 1. The average molecular weight is 1090 g/mol. The summed E-state index contributed by atoms with van der Waals surface area (Å²) in [5.74, 6) is -13.5. The third-order valence-corrected chi connectivity index (χ3v) is 15.8. The van der Waals surface area contributed by atoms with Gasteiger partial charge in [-0.05, 0) is 79.5 Å². The number of aliphatic hydroxyl groups is 9. The van der Waals surface area contributed by atoms with Gasteiger partial charge in [0.2, 0.25) is 17.2 Å². The Morgan fingerprint density at radius 3 is 2.38 bits per heavy atom. The summed E-state index contributed by atoms with van der Waals surface area (Å²) in [6.45, 7) is 3.44. The van der Waals surface area contributed by atoms with E-state index in [1.54, 1.807) is 18.3 Å². The highest BCUT2D eigenvalue weighted by atomic mass is 16.8. The standard InChI is InChI=1S/C54H59N3O21/c1-3-32-30(21-29-24(2)8-14-56-47(29)57-32)31-20-27(19-28-7-4-13-55-28)53(75-37-23-36-39(41(63)38(31)37)33(60)22-35(74-36)26-17-25(9-16-59)40(62)34(61)18-26)44(66)42(64)43(65)50(77-53)10-5-11-51(48(69)70)54(72,73)46(68)45(67)52(78-51,12-6-15-58)76-49(50)71/h4,7,13,17-18,20-24,31,42-47,55-59,61-68,72-73H,3,6,8-10,12,14-16,19H2,1-2H3,(H,69,70). The highest BCUT2D eigenvalue weighted by Crippen LogP contribution is 2.55. The molecular weight excluding hydrogens is 1030 g/mol. The molecule has 12 atom stereocenters. The van der Waals surface area contributed by atoms with Gasteiger partial charge in [-0.2, -0.15) is 0 Å². The van der Waals surface area contributed by atoms with Crippen molar-refractivity contribution in [2.45, 2.75) is 130 Å². The number of H-pyrrole nitrogens is 1. The van der Waals surface area contributed by atoms with Gasteiger partial charge in [0.25, 0.3) is 11.4 Å². The van der Waals surface area contributed by atoms with Crippen LogP contribution >= 0.6 is 0 Å². The van der Waals surface area contributed by atoms with Gasteiger partial charge in [-0.1, -0.05) is 31.9 Å². The number of benzene rings is 2. The Hall–Kier alpha value is -6.83. The van der Waals surface area contributed by atoms with Crippen molar-refractivity contribution in [3.63, 3.8) is 0 Å². The van der Waals surface area contributed by atoms with Crippen molar-refractivity contribution in [1.82, 2.24) is 15.6 Å². The Morgan fingerprint density at radius 1 is 0.923 bits per heavy atom. The third-order valence-electron chi connectivity index (χ3n) is 15.8. The summed E-state index contributed by atoms with van der Waals surface area (Å²) in [6.07, 6.45) is -10.5. The van der Waals surface area contributed by atoms with Crippen LogP contribution in [0, 0.1) is 17.8 Å². The maximum absolute atomic E-state index is 15.4. The second-order valence-corrected chi connectivity index (χ2v) is 20.5. The van der Waals surface area contributed by atoms with Gasteiger partial charge in [-0.3, -0.25) is 10.1 Å². The zero-order valence-corrected chi connectivity index (χ0v) is 42.0. The molecule has 6 aliphatic rings. The molecule has 78 heavy (non-hydrogen) atoms. The number of carbonyl (C=O) groups is 2. The van der Waals surface area contributed by atoms with Crippen molar-refractivity contribution >= 4 is 22.9 Å². The van der Waals surface area contributed by atoms with Crippen molar-refractivity contribution in [3.05, 3.63) is 104 Å². The van der Waals surface area contributed by atoms with Crippen LogP contribution in [0.2, 0.25) is 0 Å². The van der Waals surface area contributed by atoms with Crippen LogP contribution in [-0.4, -0.2) is 168 Å². The van der Waals surface area contributed by atoms with Gasteiger partial charge < -0.3 is 100 Å². The molecule has 2 bridgehead atoms. The number of aromatic nitrogens is 1. The van der Waals surface area contributed by atoms with E-state index in [4.69, 9.17) is 23.4 Å². The number of fused-ring (bicyclic) bond motifs is 5. The number of aliphatic carboxylic acids is 1. The van der Waals surface area contributed by atoms with E-state index in [1.165, 1.54) is 18.2 Å². The molecule has 2 aromatic heterocycles. The lowest BCUT2D eigenvalue weighted by Gasteiger charge is -2.55. The number of hydrogen-bond acceptors (Lipinski definition) is 22. The fraction of sp³-hybridized carbons (Fsp3) is 0.463. The first-order valence-electron chi connectivity index (χ1n) is 25.3. The largest absolute Gasteiger partial charge is 0.507 e. The number of piperidine rings is 1. The number of hydrogen-bond donors (Lipinski definition) is 16. The number of aromatic amines is 1. The van der Waals surface area contributed by atoms with Crippen molar-refractivity contribution in [3.8, 4) is 46.2 Å². The molecule has 3 saturated heterocycles. The molecule has 0 amide bonds. The molecule has 4 aromatic rings. The molecular formula is C54H59N3O21. The zero-order valence-electron chi connectivity index (χ0n) is 42.0. The molecule has 10 rings (SSSR count). The van der Waals surface area contributed by atoms with Crippen LogP contribution in [0.4, 0.5) is 0 Å². The fourth-order valence-electron chi connectivity index (χ4n) is 11.6. The predicted molar refractivity (Wildman–Crippen MR) is 266 cm³/mol. The molecule has 2 aromatic carbocycles. The average Bonchev–Trinajstić information content (AvgIpc) is 3.97. The summed E-state index contributed by atoms with van der Waals surface area (Å²) in [5, 5.41) is 154. The van der Waals surface area contributed by atoms with Gasteiger partial charge in [0, 0.05) is 84.0 Å². The molecule has 0 saturated carbocycles. The number of carboxylic acid groups (broad SMARTS) is 1. The number of aliphatic hydroxyl groups excluding tert-OH is 7. The summed E-state index contributed by atoms with van der Waals surface area (Å²) in [4.78, 5) is 46.1. The second-order valence-electron chi connectivity index (χ2n) is 20.5. The Balaban J connectivity index is 1.26. The maximum atomic E-state index is 15.4. The van der Waals surface area contributed by atoms with Crippen molar-refractivity contribution in [2.75, 3.05) is 19.8 Å². The van der Waals surface area contributed by atoms with E-state index < -0.39 is 138 Å². The van der Waals surface area contributed by atoms with E-state index in [2.05, 4.69) is 21.5 Å². The highest BCUT2D eigenvalue weighted by molar-refractivity contribution is 5.90. The van der Waals surface area contributed by atoms with Gasteiger partial charge in [-0.25, -0.2) is 9.59 Å². The highest BCUT2D eigenvalue weighted by Gasteiger charge is 2.75. The summed E-state index contributed by atoms with van der Waals surface area (Å²) in [6, 6.07) is 7.94. The van der Waals surface area contributed by atoms with E-state index in [0.29, 0.717) is 29.9 Å². The normalized spacial score (nSPS) is 33.1. The lowest BCUT2D eigenvalue weighted by molar-refractivity contribution is -0.430. The lowest BCUT2D eigenvalue weighted by Crippen LogP contribution is -2.79. The molecule has 416 valence electrons. The first-order chi connectivity index (χ1) is 37.0. The quantitative estimate of drug-likeness (QED) is 0.0295. The van der Waals surface area contributed by atoms with Crippen LogP contribution in [0.15, 0.2) is 86.4 Å². The topological polar surface area (TPSA) is 404 Å². The number of carbonyl (C=O) groups excluding carboxylic acids is 1. The van der Waals surface area contributed by atoms with Crippen LogP contribution in [-0.2, 0) is 36.6 Å². The smallest absolute Gasteiger partial charge is 0.354 e. The number of aromatic hydroxyl groups is 3. The summed E-state index contributed by atoms with van der Waals surface area (Å²) in [5.41, 5.74) is -5.70. The van der Waals surface area contributed by atoms with Crippen LogP contribution in [0.1, 0.15) is 68.7 Å². The number of phenolic OH excluding ortho intramolecular Hbond substituents is 3. The van der Waals surface area contributed by atoms with E-state index in [-0.39, 0.29) is 63.9 Å². The van der Waals surface area contributed by atoms with Crippen molar-refractivity contribution in [1.29, 1.82) is 0 Å².